The van der Waals surface area contributed by atoms with E-state index in [4.69, 9.17) is 9.97 Å². The predicted octanol–water partition coefficient (Wildman–Crippen LogP) is 2.97. The van der Waals surface area contributed by atoms with Gasteiger partial charge in [-0.3, -0.25) is 4.57 Å². The van der Waals surface area contributed by atoms with E-state index in [1.807, 2.05) is 10.8 Å². The summed E-state index contributed by atoms with van der Waals surface area (Å²) in [5, 5.41) is 5.40. The Bertz CT molecular complexity index is 1040. The molecule has 1 unspecified atom stereocenters. The van der Waals surface area contributed by atoms with E-state index in [0.717, 1.165) is 50.7 Å². The molecule has 144 valence electrons. The van der Waals surface area contributed by atoms with Gasteiger partial charge in [0.25, 0.3) is 0 Å². The minimum Gasteiger partial charge on any atom is -0.348 e. The SMILES string of the molecule is C[C@H]1CC(N(C)c2nc3sc(-c4cnc(-n5ccnc5)cn4)nc3s2)CCN1. The number of piperidine rings is 1. The molecule has 1 aliphatic rings. The molecule has 0 aromatic carbocycles. The van der Waals surface area contributed by atoms with Crippen LogP contribution in [0, 0.1) is 0 Å². The molecule has 2 atom stereocenters. The standard InChI is InChI=1S/C18H20N8S2/c1-11-7-12(3-4-20-11)25(2)18-24-17-16(28-18)23-15(27-17)13-8-22-14(9-21-13)26-6-5-19-10-26/h5-6,8-12,20H,3-4,7H2,1-2H3/t11-,12?/m0/s1. The van der Waals surface area contributed by atoms with Gasteiger partial charge in [-0.1, -0.05) is 22.7 Å². The summed E-state index contributed by atoms with van der Waals surface area (Å²) in [5.74, 6) is 0.734. The monoisotopic (exact) mass is 412 g/mol. The largest absolute Gasteiger partial charge is 0.348 e. The summed E-state index contributed by atoms with van der Waals surface area (Å²) < 4.78 is 1.82. The molecule has 10 heteroatoms. The third kappa shape index (κ3) is 3.27. The van der Waals surface area contributed by atoms with Gasteiger partial charge >= 0.3 is 0 Å². The van der Waals surface area contributed by atoms with Gasteiger partial charge in [0, 0.05) is 31.5 Å². The summed E-state index contributed by atoms with van der Waals surface area (Å²) in [4.78, 5) is 26.8. The smallest absolute Gasteiger partial charge is 0.188 e. The highest BCUT2D eigenvalue weighted by Crippen LogP contribution is 2.36. The third-order valence-corrected chi connectivity index (χ3v) is 7.18. The lowest BCUT2D eigenvalue weighted by atomic mass is 10.00. The van der Waals surface area contributed by atoms with Crippen molar-refractivity contribution in [3.8, 4) is 16.5 Å². The lowest BCUT2D eigenvalue weighted by Gasteiger charge is -2.34. The molecule has 0 amide bonds. The van der Waals surface area contributed by atoms with E-state index in [1.165, 1.54) is 0 Å². The second kappa shape index (κ2) is 7.19. The molecule has 0 aliphatic carbocycles. The van der Waals surface area contributed by atoms with Gasteiger partial charge in [-0.15, -0.1) is 0 Å². The van der Waals surface area contributed by atoms with Crippen molar-refractivity contribution in [2.75, 3.05) is 18.5 Å². The van der Waals surface area contributed by atoms with Gasteiger partial charge < -0.3 is 10.2 Å². The summed E-state index contributed by atoms with van der Waals surface area (Å²) in [7, 11) is 2.15. The fourth-order valence-corrected chi connectivity index (χ4v) is 5.50. The number of aromatic nitrogens is 6. The van der Waals surface area contributed by atoms with Crippen LogP contribution in [0.25, 0.3) is 26.2 Å². The molecular formula is C18H20N8S2. The number of anilines is 1. The molecule has 5 rings (SSSR count). The van der Waals surface area contributed by atoms with Crippen molar-refractivity contribution >= 4 is 37.5 Å². The number of nitrogens with one attached hydrogen (secondary N) is 1. The van der Waals surface area contributed by atoms with Gasteiger partial charge in [0.2, 0.25) is 0 Å². The molecule has 4 aromatic rings. The third-order valence-electron chi connectivity index (χ3n) is 5.04. The van der Waals surface area contributed by atoms with Crippen LogP contribution in [0.4, 0.5) is 5.13 Å². The van der Waals surface area contributed by atoms with Crippen LogP contribution >= 0.6 is 22.7 Å². The first-order valence-corrected chi connectivity index (χ1v) is 10.8. The summed E-state index contributed by atoms with van der Waals surface area (Å²) in [6.07, 6.45) is 11.0. The lowest BCUT2D eigenvalue weighted by molar-refractivity contribution is 0.371. The molecule has 1 N–H and O–H groups in total. The number of hydrogen-bond donors (Lipinski definition) is 1. The van der Waals surface area contributed by atoms with Crippen molar-refractivity contribution in [1.29, 1.82) is 0 Å². The van der Waals surface area contributed by atoms with Gasteiger partial charge in [-0.05, 0) is 26.3 Å². The van der Waals surface area contributed by atoms with Crippen LogP contribution in [0.5, 0.6) is 0 Å². The van der Waals surface area contributed by atoms with E-state index in [0.29, 0.717) is 12.1 Å². The van der Waals surface area contributed by atoms with Crippen molar-refractivity contribution in [3.05, 3.63) is 31.1 Å². The maximum atomic E-state index is 4.84. The van der Waals surface area contributed by atoms with Gasteiger partial charge in [0.05, 0.1) is 12.4 Å². The number of hydrogen-bond acceptors (Lipinski definition) is 9. The molecule has 1 aliphatic heterocycles. The molecule has 28 heavy (non-hydrogen) atoms. The van der Waals surface area contributed by atoms with Crippen molar-refractivity contribution in [2.45, 2.75) is 31.8 Å². The number of imidazole rings is 1. The molecule has 0 saturated carbocycles. The highest BCUT2D eigenvalue weighted by atomic mass is 32.1. The highest BCUT2D eigenvalue weighted by molar-refractivity contribution is 7.29. The highest BCUT2D eigenvalue weighted by Gasteiger charge is 2.25. The Morgan fingerprint density at radius 3 is 2.79 bits per heavy atom. The van der Waals surface area contributed by atoms with E-state index >= 15 is 0 Å². The summed E-state index contributed by atoms with van der Waals surface area (Å²) in [5.41, 5.74) is 0.765. The molecule has 1 fully saturated rings. The first-order valence-electron chi connectivity index (χ1n) is 9.21. The van der Waals surface area contributed by atoms with Crippen molar-refractivity contribution < 1.29 is 0 Å². The van der Waals surface area contributed by atoms with Gasteiger partial charge in [-0.2, -0.15) is 0 Å². The average molecular weight is 413 g/mol. The van der Waals surface area contributed by atoms with Crippen molar-refractivity contribution in [1.82, 2.24) is 34.8 Å². The minimum atomic E-state index is 0.526. The zero-order chi connectivity index (χ0) is 19.1. The second-order valence-electron chi connectivity index (χ2n) is 7.00. The first kappa shape index (κ1) is 17.7. The van der Waals surface area contributed by atoms with E-state index in [9.17, 15) is 0 Å². The number of thiazole rings is 2. The van der Waals surface area contributed by atoms with E-state index in [1.54, 1.807) is 47.6 Å². The Morgan fingerprint density at radius 2 is 2.07 bits per heavy atom. The summed E-state index contributed by atoms with van der Waals surface area (Å²) in [6.45, 7) is 3.30. The molecule has 8 nitrogen and oxygen atoms in total. The fraction of sp³-hybridized carbons (Fsp3) is 0.389. The minimum absolute atomic E-state index is 0.526. The van der Waals surface area contributed by atoms with E-state index in [-0.39, 0.29) is 0 Å². The van der Waals surface area contributed by atoms with Crippen LogP contribution in [-0.4, -0.2) is 55.2 Å². The lowest BCUT2D eigenvalue weighted by Crippen LogP contribution is -2.45. The maximum absolute atomic E-state index is 4.84. The Balaban J connectivity index is 1.37. The zero-order valence-corrected chi connectivity index (χ0v) is 17.2. The average Bonchev–Trinajstić information content (AvgIpc) is 3.44. The molecule has 5 heterocycles. The van der Waals surface area contributed by atoms with Gasteiger partial charge in [0.15, 0.2) is 20.6 Å². The second-order valence-corrected chi connectivity index (χ2v) is 8.93. The molecule has 0 spiro atoms. The van der Waals surface area contributed by atoms with Crippen molar-refractivity contribution in [3.63, 3.8) is 0 Å². The van der Waals surface area contributed by atoms with E-state index in [2.05, 4.69) is 39.1 Å². The quantitative estimate of drug-likeness (QED) is 0.551. The van der Waals surface area contributed by atoms with Gasteiger partial charge in [-0.25, -0.2) is 24.9 Å². The topological polar surface area (TPSA) is 84.7 Å². The van der Waals surface area contributed by atoms with E-state index < -0.39 is 0 Å². The Kier molecular flexibility index (Phi) is 4.53. The number of nitrogens with zero attached hydrogens (tertiary/aromatic N) is 7. The molecule has 1 saturated heterocycles. The van der Waals surface area contributed by atoms with Gasteiger partial charge in [0.1, 0.15) is 17.0 Å². The van der Waals surface area contributed by atoms with Crippen LogP contribution < -0.4 is 10.2 Å². The fourth-order valence-electron chi connectivity index (χ4n) is 3.47. The Hall–Kier alpha value is -2.43. The molecule has 4 aromatic heterocycles. The summed E-state index contributed by atoms with van der Waals surface area (Å²) >= 11 is 3.22. The first-order chi connectivity index (χ1) is 13.7. The number of fused-ring (bicyclic) bond motifs is 1. The number of rotatable bonds is 4. The molecule has 0 bridgehead atoms. The molecular weight excluding hydrogens is 392 g/mol. The maximum Gasteiger partial charge on any atom is 0.188 e. The van der Waals surface area contributed by atoms with Crippen molar-refractivity contribution in [2.24, 2.45) is 0 Å². The van der Waals surface area contributed by atoms with Crippen LogP contribution in [0.15, 0.2) is 31.1 Å². The van der Waals surface area contributed by atoms with Crippen LogP contribution in [0.2, 0.25) is 0 Å². The summed E-state index contributed by atoms with van der Waals surface area (Å²) in [6, 6.07) is 1.08. The molecule has 0 radical (unpaired) electrons. The normalized spacial score (nSPS) is 19.9. The predicted molar refractivity (Wildman–Crippen MR) is 112 cm³/mol. The Labute approximate surface area is 170 Å². The zero-order valence-electron chi connectivity index (χ0n) is 15.6. The van der Waals surface area contributed by atoms with Crippen LogP contribution in [0.3, 0.4) is 0 Å². The van der Waals surface area contributed by atoms with Crippen LogP contribution in [0.1, 0.15) is 19.8 Å². The Morgan fingerprint density at radius 1 is 1.18 bits per heavy atom. The van der Waals surface area contributed by atoms with Crippen LogP contribution in [-0.2, 0) is 0 Å².